The molecule has 2 aliphatic heterocycles. The smallest absolute Gasteiger partial charge is 0.304 e. The summed E-state index contributed by atoms with van der Waals surface area (Å²) in [7, 11) is 2.15. The Hall–Kier alpha value is -1.51. The molecule has 35 heavy (non-hydrogen) atoms. The lowest BCUT2D eigenvalue weighted by Crippen LogP contribution is -2.57. The van der Waals surface area contributed by atoms with Crippen molar-refractivity contribution >= 4 is 28.7 Å². The van der Waals surface area contributed by atoms with Crippen molar-refractivity contribution in [2.75, 3.05) is 38.1 Å². The van der Waals surface area contributed by atoms with E-state index in [0.29, 0.717) is 5.69 Å². The highest BCUT2D eigenvalue weighted by atomic mass is 32.1. The number of piperazine rings is 1. The summed E-state index contributed by atoms with van der Waals surface area (Å²) in [4.78, 5) is 13.0. The van der Waals surface area contributed by atoms with Crippen molar-refractivity contribution in [1.29, 1.82) is 0 Å². The summed E-state index contributed by atoms with van der Waals surface area (Å²) in [5.41, 5.74) is -0.345. The SMILES string of the molecule is CN1CCN([C@H]2C(=NC3CCCCC3)N(c3cccc(C(F)(F)F)c3)C(=S)C23CCCCC3)CC1. The molecule has 1 atom stereocenters. The molecule has 2 saturated heterocycles. The highest BCUT2D eigenvalue weighted by Gasteiger charge is 2.58. The molecule has 2 saturated carbocycles. The summed E-state index contributed by atoms with van der Waals surface area (Å²) in [6.45, 7) is 3.84. The minimum atomic E-state index is -4.39. The van der Waals surface area contributed by atoms with Crippen LogP contribution in [0.15, 0.2) is 29.3 Å². The monoisotopic (exact) mass is 506 g/mol. The van der Waals surface area contributed by atoms with Crippen LogP contribution in [0.2, 0.25) is 0 Å². The van der Waals surface area contributed by atoms with E-state index in [0.717, 1.165) is 81.6 Å². The van der Waals surface area contributed by atoms with Gasteiger partial charge in [0.05, 0.1) is 22.6 Å². The molecular formula is C27H37F3N4S. The molecule has 4 nitrogen and oxygen atoms in total. The van der Waals surface area contributed by atoms with Gasteiger partial charge in [0.15, 0.2) is 0 Å². The number of likely N-dealkylation sites (N-methyl/N-ethyl adjacent to an activating group) is 1. The van der Waals surface area contributed by atoms with E-state index in [2.05, 4.69) is 16.8 Å². The first-order chi connectivity index (χ1) is 16.8. The lowest BCUT2D eigenvalue weighted by Gasteiger charge is -2.45. The lowest BCUT2D eigenvalue weighted by atomic mass is 9.69. The zero-order valence-electron chi connectivity index (χ0n) is 20.7. The van der Waals surface area contributed by atoms with Crippen LogP contribution < -0.4 is 4.90 Å². The van der Waals surface area contributed by atoms with E-state index in [9.17, 15) is 13.2 Å². The second kappa shape index (κ2) is 10.1. The number of thiocarbonyl (C=S) groups is 1. The zero-order chi connectivity index (χ0) is 24.6. The molecule has 0 radical (unpaired) electrons. The Kier molecular flexibility index (Phi) is 7.26. The molecule has 0 amide bonds. The first kappa shape index (κ1) is 25.2. The number of amidine groups is 1. The standard InChI is InChI=1S/C27H37F3N4S/c1-32-15-17-33(18-16-32)23-24(31-21-10-4-2-5-11-21)34(25(35)26(23)13-6-3-7-14-26)22-12-8-9-20(19-22)27(28,29)30/h8-9,12,19,21,23H,2-7,10-11,13-18H2,1H3/t23-/m0/s1. The van der Waals surface area contributed by atoms with Crippen LogP contribution in [0.3, 0.4) is 0 Å². The van der Waals surface area contributed by atoms with Gasteiger partial charge >= 0.3 is 6.18 Å². The molecule has 0 N–H and O–H groups in total. The number of hydrogen-bond donors (Lipinski definition) is 0. The lowest BCUT2D eigenvalue weighted by molar-refractivity contribution is -0.137. The van der Waals surface area contributed by atoms with Crippen molar-refractivity contribution in [3.8, 4) is 0 Å². The van der Waals surface area contributed by atoms with Gasteiger partial charge in [-0.3, -0.25) is 14.8 Å². The highest BCUT2D eigenvalue weighted by molar-refractivity contribution is 7.80. The Morgan fingerprint density at radius 2 is 1.60 bits per heavy atom. The predicted molar refractivity (Wildman–Crippen MR) is 139 cm³/mol. The Labute approximate surface area is 212 Å². The van der Waals surface area contributed by atoms with Crippen LogP contribution in [-0.2, 0) is 6.18 Å². The van der Waals surface area contributed by atoms with Gasteiger partial charge in [0.1, 0.15) is 5.84 Å². The normalized spacial score (nSPS) is 28.3. The van der Waals surface area contributed by atoms with Crippen LogP contribution in [0.25, 0.3) is 0 Å². The van der Waals surface area contributed by atoms with Gasteiger partial charge in [0.25, 0.3) is 0 Å². The van der Waals surface area contributed by atoms with Crippen LogP contribution in [0.1, 0.15) is 69.8 Å². The quantitative estimate of drug-likeness (QED) is 0.459. The van der Waals surface area contributed by atoms with Crippen LogP contribution >= 0.6 is 12.2 Å². The minimum Gasteiger partial charge on any atom is -0.304 e. The summed E-state index contributed by atoms with van der Waals surface area (Å²) in [6.07, 6.45) is 6.67. The van der Waals surface area contributed by atoms with Gasteiger partial charge in [-0.25, -0.2) is 0 Å². The molecule has 8 heteroatoms. The maximum Gasteiger partial charge on any atom is 0.416 e. The van der Waals surface area contributed by atoms with E-state index in [1.54, 1.807) is 6.07 Å². The maximum absolute atomic E-state index is 13.7. The van der Waals surface area contributed by atoms with E-state index in [4.69, 9.17) is 17.2 Å². The van der Waals surface area contributed by atoms with Crippen molar-refractivity contribution < 1.29 is 13.2 Å². The molecule has 2 aliphatic carbocycles. The van der Waals surface area contributed by atoms with Crippen molar-refractivity contribution in [2.24, 2.45) is 10.4 Å². The summed E-state index contributed by atoms with van der Waals surface area (Å²) in [5, 5.41) is 0. The number of halogens is 3. The third-order valence-electron chi connectivity index (χ3n) is 8.60. The maximum atomic E-state index is 13.7. The molecule has 1 aromatic carbocycles. The van der Waals surface area contributed by atoms with E-state index in [-0.39, 0.29) is 17.5 Å². The van der Waals surface area contributed by atoms with Gasteiger partial charge in [-0.15, -0.1) is 0 Å². The number of alkyl halides is 3. The Morgan fingerprint density at radius 1 is 0.943 bits per heavy atom. The van der Waals surface area contributed by atoms with Gasteiger partial charge in [-0.2, -0.15) is 13.2 Å². The van der Waals surface area contributed by atoms with Gasteiger partial charge in [0, 0.05) is 37.3 Å². The fourth-order valence-electron chi connectivity index (χ4n) is 6.67. The molecule has 4 aliphatic rings. The topological polar surface area (TPSA) is 22.1 Å². The Balaban J connectivity index is 1.63. The third kappa shape index (κ3) is 4.90. The molecule has 1 aromatic rings. The number of rotatable bonds is 3. The Morgan fingerprint density at radius 3 is 2.26 bits per heavy atom. The molecule has 1 spiro atoms. The third-order valence-corrected chi connectivity index (χ3v) is 9.19. The fourth-order valence-corrected chi connectivity index (χ4v) is 7.19. The number of aliphatic imine (C=N–C) groups is 1. The fraction of sp³-hybridized carbons (Fsp3) is 0.704. The van der Waals surface area contributed by atoms with Crippen molar-refractivity contribution in [3.63, 3.8) is 0 Å². The van der Waals surface area contributed by atoms with Gasteiger partial charge < -0.3 is 4.90 Å². The van der Waals surface area contributed by atoms with Crippen LogP contribution in [0, 0.1) is 5.41 Å². The van der Waals surface area contributed by atoms with E-state index < -0.39 is 11.7 Å². The van der Waals surface area contributed by atoms with E-state index in [1.165, 1.54) is 37.8 Å². The van der Waals surface area contributed by atoms with Crippen LogP contribution in [-0.4, -0.2) is 65.9 Å². The number of anilines is 1. The van der Waals surface area contributed by atoms with Gasteiger partial charge in [-0.05, 0) is 50.9 Å². The zero-order valence-corrected chi connectivity index (χ0v) is 21.5. The summed E-state index contributed by atoms with van der Waals surface area (Å²) < 4.78 is 41.0. The highest BCUT2D eigenvalue weighted by Crippen LogP contribution is 2.50. The van der Waals surface area contributed by atoms with Gasteiger partial charge in [0.2, 0.25) is 0 Å². The molecule has 0 unspecified atom stereocenters. The van der Waals surface area contributed by atoms with Crippen LogP contribution in [0.5, 0.6) is 0 Å². The summed E-state index contributed by atoms with van der Waals surface area (Å²) in [5.74, 6) is 0.910. The summed E-state index contributed by atoms with van der Waals surface area (Å²) in [6, 6.07) is 5.97. The predicted octanol–water partition coefficient (Wildman–Crippen LogP) is 6.15. The molecular weight excluding hydrogens is 469 g/mol. The number of benzene rings is 1. The van der Waals surface area contributed by atoms with E-state index >= 15 is 0 Å². The first-order valence-electron chi connectivity index (χ1n) is 13.3. The largest absolute Gasteiger partial charge is 0.416 e. The van der Waals surface area contributed by atoms with Crippen molar-refractivity contribution in [2.45, 2.75) is 82.5 Å². The molecule has 5 rings (SSSR count). The molecule has 0 aromatic heterocycles. The molecule has 4 fully saturated rings. The molecule has 192 valence electrons. The Bertz CT molecular complexity index is 942. The minimum absolute atomic E-state index is 0.0421. The summed E-state index contributed by atoms with van der Waals surface area (Å²) >= 11 is 6.23. The van der Waals surface area contributed by atoms with Crippen molar-refractivity contribution in [1.82, 2.24) is 9.80 Å². The molecule has 0 bridgehead atoms. The van der Waals surface area contributed by atoms with Crippen molar-refractivity contribution in [3.05, 3.63) is 29.8 Å². The average molecular weight is 507 g/mol. The number of nitrogens with zero attached hydrogens (tertiary/aromatic N) is 4. The van der Waals surface area contributed by atoms with E-state index in [1.807, 2.05) is 4.90 Å². The van der Waals surface area contributed by atoms with Gasteiger partial charge in [-0.1, -0.05) is 56.8 Å². The van der Waals surface area contributed by atoms with Crippen LogP contribution in [0.4, 0.5) is 18.9 Å². The first-order valence-corrected chi connectivity index (χ1v) is 13.7. The average Bonchev–Trinajstić information content (AvgIpc) is 3.07. The molecule has 2 heterocycles. The number of hydrogen-bond acceptors (Lipinski definition) is 4. The second-order valence-electron chi connectivity index (χ2n) is 10.9. The second-order valence-corrected chi connectivity index (χ2v) is 11.3.